The summed E-state index contributed by atoms with van der Waals surface area (Å²) in [7, 11) is 1.92. The van der Waals surface area contributed by atoms with Gasteiger partial charge >= 0.3 is 0 Å². The minimum absolute atomic E-state index is 1.05. The lowest BCUT2D eigenvalue weighted by molar-refractivity contribution is 0.792. The van der Waals surface area contributed by atoms with Crippen LogP contribution in [0.1, 0.15) is 20.3 Å². The molecular weight excluding hydrogens is 112 g/mol. The first-order valence-electron chi connectivity index (χ1n) is 3.39. The summed E-state index contributed by atoms with van der Waals surface area (Å²) >= 11 is 0. The maximum atomic E-state index is 3.16. The molecule has 0 fully saturated rings. The van der Waals surface area contributed by atoms with E-state index in [0.717, 1.165) is 6.54 Å². The normalized spacial score (nSPS) is 11.2. The van der Waals surface area contributed by atoms with Crippen LogP contribution in [0.25, 0.3) is 0 Å². The van der Waals surface area contributed by atoms with Crippen molar-refractivity contribution in [1.29, 1.82) is 0 Å². The standard InChI is InChI=1S/C7H16N2/c1-4-5-9-6-7(2)8-3/h6,8-9H,4-5H2,1-3H3/b7-6+. The summed E-state index contributed by atoms with van der Waals surface area (Å²) in [5.41, 5.74) is 1.17. The Morgan fingerprint density at radius 2 is 2.22 bits per heavy atom. The Hall–Kier alpha value is -0.660. The lowest BCUT2D eigenvalue weighted by atomic mass is 10.5. The molecule has 9 heavy (non-hydrogen) atoms. The van der Waals surface area contributed by atoms with Gasteiger partial charge in [0.15, 0.2) is 0 Å². The second-order valence-electron chi connectivity index (χ2n) is 2.03. The lowest BCUT2D eigenvalue weighted by Gasteiger charge is -1.99. The van der Waals surface area contributed by atoms with E-state index in [0.29, 0.717) is 0 Å². The topological polar surface area (TPSA) is 24.1 Å². The second kappa shape index (κ2) is 5.48. The van der Waals surface area contributed by atoms with E-state index in [9.17, 15) is 0 Å². The van der Waals surface area contributed by atoms with Gasteiger partial charge in [-0.3, -0.25) is 0 Å². The van der Waals surface area contributed by atoms with Gasteiger partial charge < -0.3 is 10.6 Å². The predicted molar refractivity (Wildman–Crippen MR) is 41.1 cm³/mol. The van der Waals surface area contributed by atoms with E-state index in [-0.39, 0.29) is 0 Å². The molecule has 0 rings (SSSR count). The second-order valence-corrected chi connectivity index (χ2v) is 2.03. The van der Waals surface area contributed by atoms with E-state index in [1.54, 1.807) is 0 Å². The van der Waals surface area contributed by atoms with E-state index in [1.165, 1.54) is 12.1 Å². The molecule has 0 bridgehead atoms. The third kappa shape index (κ3) is 5.21. The molecule has 2 N–H and O–H groups in total. The highest BCUT2D eigenvalue weighted by atomic mass is 14.9. The first-order chi connectivity index (χ1) is 4.31. The molecule has 0 spiro atoms. The molecule has 0 aliphatic heterocycles. The van der Waals surface area contributed by atoms with Gasteiger partial charge in [0.1, 0.15) is 0 Å². The van der Waals surface area contributed by atoms with Crippen LogP contribution in [0.5, 0.6) is 0 Å². The van der Waals surface area contributed by atoms with Gasteiger partial charge in [0.05, 0.1) is 0 Å². The molecule has 0 saturated carbocycles. The van der Waals surface area contributed by atoms with Crippen molar-refractivity contribution in [3.63, 3.8) is 0 Å². The molecule has 0 saturated heterocycles. The monoisotopic (exact) mass is 128 g/mol. The summed E-state index contributed by atoms with van der Waals surface area (Å²) in [5.74, 6) is 0. The van der Waals surface area contributed by atoms with Crippen molar-refractivity contribution in [2.24, 2.45) is 0 Å². The number of hydrogen-bond donors (Lipinski definition) is 2. The number of allylic oxidation sites excluding steroid dienone is 1. The zero-order valence-corrected chi connectivity index (χ0v) is 6.49. The highest BCUT2D eigenvalue weighted by molar-refractivity contribution is 4.91. The summed E-state index contributed by atoms with van der Waals surface area (Å²) in [6.07, 6.45) is 3.16. The largest absolute Gasteiger partial charge is 0.390 e. The summed E-state index contributed by atoms with van der Waals surface area (Å²) < 4.78 is 0. The molecule has 2 heteroatoms. The van der Waals surface area contributed by atoms with Crippen molar-refractivity contribution in [3.8, 4) is 0 Å². The molecule has 0 aromatic rings. The molecule has 54 valence electrons. The number of nitrogens with one attached hydrogen (secondary N) is 2. The fourth-order valence-electron chi connectivity index (χ4n) is 0.442. The van der Waals surface area contributed by atoms with Crippen molar-refractivity contribution in [1.82, 2.24) is 10.6 Å². The van der Waals surface area contributed by atoms with E-state index >= 15 is 0 Å². The molecule has 0 aromatic heterocycles. The molecule has 2 nitrogen and oxygen atoms in total. The van der Waals surface area contributed by atoms with Gasteiger partial charge in [0.25, 0.3) is 0 Å². The smallest absolute Gasteiger partial charge is 0.0232 e. The first kappa shape index (κ1) is 8.34. The average Bonchev–Trinajstić information content (AvgIpc) is 1.89. The molecule has 0 unspecified atom stereocenters. The van der Waals surface area contributed by atoms with Crippen LogP contribution in [0.15, 0.2) is 11.9 Å². The van der Waals surface area contributed by atoms with Crippen LogP contribution in [-0.4, -0.2) is 13.6 Å². The fraction of sp³-hybridized carbons (Fsp3) is 0.714. The van der Waals surface area contributed by atoms with Gasteiger partial charge in [-0.15, -0.1) is 0 Å². The maximum absolute atomic E-state index is 3.16. The van der Waals surface area contributed by atoms with Crippen LogP contribution in [0, 0.1) is 0 Å². The van der Waals surface area contributed by atoms with Crippen LogP contribution >= 0.6 is 0 Å². The van der Waals surface area contributed by atoms with Gasteiger partial charge in [-0.2, -0.15) is 0 Å². The zero-order valence-electron chi connectivity index (χ0n) is 6.49. The van der Waals surface area contributed by atoms with Gasteiger partial charge in [-0.05, 0) is 13.3 Å². The number of hydrogen-bond acceptors (Lipinski definition) is 2. The van der Waals surface area contributed by atoms with Crippen LogP contribution in [0.2, 0.25) is 0 Å². The third-order valence-corrected chi connectivity index (χ3v) is 1.11. The highest BCUT2D eigenvalue weighted by Crippen LogP contribution is 1.79. The van der Waals surface area contributed by atoms with E-state index in [4.69, 9.17) is 0 Å². The van der Waals surface area contributed by atoms with Crippen molar-refractivity contribution in [2.45, 2.75) is 20.3 Å². The van der Waals surface area contributed by atoms with Gasteiger partial charge in [-0.1, -0.05) is 6.92 Å². The molecule has 0 atom stereocenters. The molecular formula is C7H16N2. The molecule has 0 aliphatic rings. The fourth-order valence-corrected chi connectivity index (χ4v) is 0.442. The van der Waals surface area contributed by atoms with E-state index < -0.39 is 0 Å². The third-order valence-electron chi connectivity index (χ3n) is 1.11. The van der Waals surface area contributed by atoms with E-state index in [1.807, 2.05) is 20.2 Å². The summed E-state index contributed by atoms with van der Waals surface area (Å²) in [5, 5.41) is 6.18. The Bertz CT molecular complexity index is 86.9. The summed E-state index contributed by atoms with van der Waals surface area (Å²) in [6.45, 7) is 5.23. The van der Waals surface area contributed by atoms with Crippen LogP contribution in [-0.2, 0) is 0 Å². The van der Waals surface area contributed by atoms with Gasteiger partial charge in [0, 0.05) is 25.5 Å². The van der Waals surface area contributed by atoms with Crippen LogP contribution < -0.4 is 10.6 Å². The molecule has 0 amide bonds. The van der Waals surface area contributed by atoms with Crippen molar-refractivity contribution >= 4 is 0 Å². The average molecular weight is 128 g/mol. The zero-order chi connectivity index (χ0) is 7.11. The minimum Gasteiger partial charge on any atom is -0.390 e. The van der Waals surface area contributed by atoms with Gasteiger partial charge in [-0.25, -0.2) is 0 Å². The Labute approximate surface area is 57.3 Å². The summed E-state index contributed by atoms with van der Waals surface area (Å²) in [4.78, 5) is 0. The van der Waals surface area contributed by atoms with Crippen molar-refractivity contribution in [3.05, 3.63) is 11.9 Å². The lowest BCUT2D eigenvalue weighted by Crippen LogP contribution is -2.11. The van der Waals surface area contributed by atoms with E-state index in [2.05, 4.69) is 17.6 Å². The first-order valence-corrected chi connectivity index (χ1v) is 3.39. The molecule has 0 heterocycles. The minimum atomic E-state index is 1.05. The SMILES string of the molecule is CCCN/C=C(\C)NC. The van der Waals surface area contributed by atoms with Gasteiger partial charge in [0.2, 0.25) is 0 Å². The molecule has 0 aliphatic carbocycles. The quantitative estimate of drug-likeness (QED) is 0.553. The number of rotatable bonds is 4. The van der Waals surface area contributed by atoms with Crippen LogP contribution in [0.4, 0.5) is 0 Å². The Kier molecular flexibility index (Phi) is 5.07. The molecule has 0 radical (unpaired) electrons. The highest BCUT2D eigenvalue weighted by Gasteiger charge is 1.78. The maximum Gasteiger partial charge on any atom is 0.0232 e. The molecule has 0 aromatic carbocycles. The Morgan fingerprint density at radius 1 is 1.56 bits per heavy atom. The van der Waals surface area contributed by atoms with Crippen LogP contribution in [0.3, 0.4) is 0 Å². The van der Waals surface area contributed by atoms with Crippen molar-refractivity contribution in [2.75, 3.05) is 13.6 Å². The van der Waals surface area contributed by atoms with Crippen molar-refractivity contribution < 1.29 is 0 Å². The Morgan fingerprint density at radius 3 is 2.67 bits per heavy atom. The summed E-state index contributed by atoms with van der Waals surface area (Å²) in [6, 6.07) is 0. The Balaban J connectivity index is 3.21. The predicted octanol–water partition coefficient (Wildman–Crippen LogP) is 1.07.